The third kappa shape index (κ3) is 4.80. The average molecular weight is 700 g/mol. The van der Waals surface area contributed by atoms with Crippen LogP contribution < -0.4 is 4.90 Å². The standard InChI is InChI=1S/C54H37N/c1-36-19-21-38(22-20-36)40-25-29-44(30-26-40)55(43-27-23-39(24-28-43)37-11-3-2-4-12-37)45-31-32-48-46-15-7-9-17-50(46)54(53(48)35-45)51-18-10-8-16-47(51)49-33-41-13-5-6-14-42(41)34-52(49)54/h2-35H,1H3. The van der Waals surface area contributed by atoms with Gasteiger partial charge in [0.15, 0.2) is 0 Å². The van der Waals surface area contributed by atoms with E-state index in [2.05, 4.69) is 218 Å². The average Bonchev–Trinajstić information content (AvgIpc) is 3.70. The fraction of sp³-hybridized carbons (Fsp3) is 0.0370. The van der Waals surface area contributed by atoms with E-state index >= 15 is 0 Å². The minimum absolute atomic E-state index is 0.448. The Morgan fingerprint density at radius 3 is 1.36 bits per heavy atom. The molecule has 9 aromatic rings. The first-order chi connectivity index (χ1) is 27.2. The van der Waals surface area contributed by atoms with Crippen LogP contribution in [0.5, 0.6) is 0 Å². The summed E-state index contributed by atoms with van der Waals surface area (Å²) in [5.74, 6) is 0. The smallest absolute Gasteiger partial charge is 0.0726 e. The summed E-state index contributed by atoms with van der Waals surface area (Å²) in [6.07, 6.45) is 0. The van der Waals surface area contributed by atoms with Crippen molar-refractivity contribution in [3.63, 3.8) is 0 Å². The lowest BCUT2D eigenvalue weighted by atomic mass is 9.70. The summed E-state index contributed by atoms with van der Waals surface area (Å²) in [6.45, 7) is 2.14. The molecule has 2 aliphatic carbocycles. The van der Waals surface area contributed by atoms with Crippen LogP contribution in [-0.4, -0.2) is 0 Å². The predicted molar refractivity (Wildman–Crippen MR) is 231 cm³/mol. The lowest BCUT2D eigenvalue weighted by molar-refractivity contribution is 0.795. The second-order valence-corrected chi connectivity index (χ2v) is 15.0. The normalized spacial score (nSPS) is 14.7. The van der Waals surface area contributed by atoms with Crippen molar-refractivity contribution in [3.05, 3.63) is 234 Å². The molecule has 1 atom stereocenters. The van der Waals surface area contributed by atoms with E-state index in [1.165, 1.54) is 83.1 Å². The molecule has 0 amide bonds. The van der Waals surface area contributed by atoms with Gasteiger partial charge in [-0.05, 0) is 133 Å². The van der Waals surface area contributed by atoms with Gasteiger partial charge in [-0.2, -0.15) is 0 Å². The maximum Gasteiger partial charge on any atom is 0.0726 e. The molecule has 0 bridgehead atoms. The first-order valence-electron chi connectivity index (χ1n) is 19.2. The van der Waals surface area contributed by atoms with Gasteiger partial charge in [0.1, 0.15) is 0 Å². The number of fused-ring (bicyclic) bond motifs is 11. The summed E-state index contributed by atoms with van der Waals surface area (Å²) >= 11 is 0. The number of nitrogens with zero attached hydrogens (tertiary/aromatic N) is 1. The Morgan fingerprint density at radius 2 is 0.745 bits per heavy atom. The zero-order valence-corrected chi connectivity index (χ0v) is 30.6. The second kappa shape index (κ2) is 12.3. The van der Waals surface area contributed by atoms with Crippen molar-refractivity contribution in [1.82, 2.24) is 0 Å². The molecule has 1 heteroatoms. The van der Waals surface area contributed by atoms with Crippen LogP contribution in [-0.2, 0) is 5.41 Å². The Bertz CT molecular complexity index is 2900. The topological polar surface area (TPSA) is 3.24 Å². The maximum atomic E-state index is 2.48. The fourth-order valence-electron chi connectivity index (χ4n) is 9.38. The van der Waals surface area contributed by atoms with Crippen LogP contribution in [0.1, 0.15) is 27.8 Å². The molecule has 1 nitrogen and oxygen atoms in total. The summed E-state index contributed by atoms with van der Waals surface area (Å²) in [6, 6.07) is 76.5. The molecule has 9 aromatic carbocycles. The largest absolute Gasteiger partial charge is 0.310 e. The van der Waals surface area contributed by atoms with Gasteiger partial charge in [0, 0.05) is 17.1 Å². The Morgan fingerprint density at radius 1 is 0.309 bits per heavy atom. The van der Waals surface area contributed by atoms with Gasteiger partial charge in [-0.3, -0.25) is 0 Å². The molecule has 0 aliphatic heterocycles. The maximum absolute atomic E-state index is 2.48. The van der Waals surface area contributed by atoms with Gasteiger partial charge in [0.2, 0.25) is 0 Å². The molecule has 0 saturated heterocycles. The molecule has 0 radical (unpaired) electrons. The quantitative estimate of drug-likeness (QED) is 0.173. The lowest BCUT2D eigenvalue weighted by Crippen LogP contribution is -2.26. The number of benzene rings is 9. The summed E-state index contributed by atoms with van der Waals surface area (Å²) in [4.78, 5) is 2.42. The molecule has 1 unspecified atom stereocenters. The number of rotatable bonds is 5. The summed E-state index contributed by atoms with van der Waals surface area (Å²) in [5.41, 5.74) is 19.7. The molecule has 0 fully saturated rings. The molecule has 258 valence electrons. The molecule has 0 heterocycles. The van der Waals surface area contributed by atoms with Crippen molar-refractivity contribution in [2.75, 3.05) is 4.90 Å². The van der Waals surface area contributed by atoms with E-state index in [-0.39, 0.29) is 0 Å². The Hall–Kier alpha value is -6.96. The van der Waals surface area contributed by atoms with Gasteiger partial charge >= 0.3 is 0 Å². The molecule has 1 spiro atoms. The molecule has 0 aromatic heterocycles. The van der Waals surface area contributed by atoms with Crippen molar-refractivity contribution in [2.24, 2.45) is 0 Å². The van der Waals surface area contributed by atoms with Gasteiger partial charge in [-0.25, -0.2) is 0 Å². The molecular formula is C54H37N. The first kappa shape index (κ1) is 31.6. The predicted octanol–water partition coefficient (Wildman–Crippen LogP) is 14.3. The first-order valence-corrected chi connectivity index (χ1v) is 19.2. The summed E-state index contributed by atoms with van der Waals surface area (Å²) in [5, 5.41) is 2.54. The van der Waals surface area contributed by atoms with Crippen molar-refractivity contribution in [2.45, 2.75) is 12.3 Å². The van der Waals surface area contributed by atoms with E-state index in [1.54, 1.807) is 0 Å². The van der Waals surface area contributed by atoms with E-state index in [4.69, 9.17) is 0 Å². The van der Waals surface area contributed by atoms with Crippen molar-refractivity contribution < 1.29 is 0 Å². The number of hydrogen-bond acceptors (Lipinski definition) is 1. The Balaban J connectivity index is 1.13. The Labute approximate surface area is 322 Å². The minimum Gasteiger partial charge on any atom is -0.310 e. The minimum atomic E-state index is -0.448. The molecule has 11 rings (SSSR count). The van der Waals surface area contributed by atoms with E-state index in [0.717, 1.165) is 17.1 Å². The van der Waals surface area contributed by atoms with Gasteiger partial charge in [0.05, 0.1) is 5.41 Å². The van der Waals surface area contributed by atoms with E-state index in [9.17, 15) is 0 Å². The highest BCUT2D eigenvalue weighted by molar-refractivity contribution is 6.00. The third-order valence-electron chi connectivity index (χ3n) is 11.9. The highest BCUT2D eigenvalue weighted by atomic mass is 15.1. The van der Waals surface area contributed by atoms with Gasteiger partial charge < -0.3 is 4.90 Å². The zero-order chi connectivity index (χ0) is 36.5. The van der Waals surface area contributed by atoms with Gasteiger partial charge in [-0.15, -0.1) is 0 Å². The van der Waals surface area contributed by atoms with Crippen LogP contribution in [0.4, 0.5) is 17.1 Å². The van der Waals surface area contributed by atoms with Crippen LogP contribution in [0.25, 0.3) is 55.3 Å². The number of aryl methyl sites for hydroxylation is 1. The number of hydrogen-bond donors (Lipinski definition) is 0. The van der Waals surface area contributed by atoms with Crippen molar-refractivity contribution in [1.29, 1.82) is 0 Å². The van der Waals surface area contributed by atoms with E-state index in [1.807, 2.05) is 0 Å². The summed E-state index contributed by atoms with van der Waals surface area (Å²) < 4.78 is 0. The highest BCUT2D eigenvalue weighted by Crippen LogP contribution is 2.63. The molecule has 55 heavy (non-hydrogen) atoms. The van der Waals surface area contributed by atoms with Crippen LogP contribution in [0, 0.1) is 6.92 Å². The van der Waals surface area contributed by atoms with Crippen LogP contribution in [0.2, 0.25) is 0 Å². The molecule has 0 N–H and O–H groups in total. The third-order valence-corrected chi connectivity index (χ3v) is 11.9. The van der Waals surface area contributed by atoms with Crippen LogP contribution in [0.15, 0.2) is 206 Å². The summed E-state index contributed by atoms with van der Waals surface area (Å²) in [7, 11) is 0. The highest BCUT2D eigenvalue weighted by Gasteiger charge is 2.51. The number of anilines is 3. The molecular weight excluding hydrogens is 663 g/mol. The zero-order valence-electron chi connectivity index (χ0n) is 30.6. The van der Waals surface area contributed by atoms with E-state index < -0.39 is 5.41 Å². The lowest BCUT2D eigenvalue weighted by Gasteiger charge is -2.32. The van der Waals surface area contributed by atoms with E-state index in [0.29, 0.717) is 0 Å². The molecule has 0 saturated carbocycles. The van der Waals surface area contributed by atoms with Gasteiger partial charge in [-0.1, -0.05) is 163 Å². The fourth-order valence-corrected chi connectivity index (χ4v) is 9.38. The SMILES string of the molecule is Cc1ccc(-c2ccc(N(c3ccc(-c4ccccc4)cc3)c3ccc4c(c3)C3(c5ccccc5-4)c4ccccc4-c4cc5ccccc5cc43)cc2)cc1. The monoisotopic (exact) mass is 699 g/mol. The molecule has 2 aliphatic rings. The van der Waals surface area contributed by atoms with Crippen molar-refractivity contribution in [3.8, 4) is 44.5 Å². The van der Waals surface area contributed by atoms with Gasteiger partial charge in [0.25, 0.3) is 0 Å². The van der Waals surface area contributed by atoms with Crippen LogP contribution >= 0.6 is 0 Å². The van der Waals surface area contributed by atoms with Crippen molar-refractivity contribution >= 4 is 27.8 Å². The Kier molecular flexibility index (Phi) is 7.06. The second-order valence-electron chi connectivity index (χ2n) is 15.0. The van der Waals surface area contributed by atoms with Crippen LogP contribution in [0.3, 0.4) is 0 Å².